The van der Waals surface area contributed by atoms with E-state index < -0.39 is 0 Å². The molecule has 4 nitrogen and oxygen atoms in total. The van der Waals surface area contributed by atoms with Gasteiger partial charge in [-0.3, -0.25) is 0 Å². The molecule has 0 spiro atoms. The SMILES string of the molecule is Nc1ncc(C2=CCCCC2)cc1-c1ncccn1. The molecule has 1 aliphatic carbocycles. The molecular formula is C15H16N4. The van der Waals surface area contributed by atoms with Crippen molar-refractivity contribution in [2.24, 2.45) is 0 Å². The molecule has 2 aromatic rings. The summed E-state index contributed by atoms with van der Waals surface area (Å²) in [5.41, 5.74) is 9.24. The fourth-order valence-electron chi connectivity index (χ4n) is 2.37. The Hall–Kier alpha value is -2.23. The van der Waals surface area contributed by atoms with Crippen LogP contribution in [0.15, 0.2) is 36.8 Å². The fraction of sp³-hybridized carbons (Fsp3) is 0.267. The molecule has 0 saturated heterocycles. The molecule has 0 fully saturated rings. The van der Waals surface area contributed by atoms with Gasteiger partial charge >= 0.3 is 0 Å². The number of hydrogen-bond donors (Lipinski definition) is 1. The summed E-state index contributed by atoms with van der Waals surface area (Å²) < 4.78 is 0. The van der Waals surface area contributed by atoms with Crippen molar-refractivity contribution in [2.75, 3.05) is 5.73 Å². The number of pyridine rings is 1. The van der Waals surface area contributed by atoms with E-state index in [4.69, 9.17) is 5.73 Å². The Bertz CT molecular complexity index is 605. The van der Waals surface area contributed by atoms with Crippen LogP contribution in [0.5, 0.6) is 0 Å². The molecular weight excluding hydrogens is 236 g/mol. The minimum atomic E-state index is 0.478. The highest BCUT2D eigenvalue weighted by Gasteiger charge is 2.11. The van der Waals surface area contributed by atoms with Gasteiger partial charge in [0.15, 0.2) is 5.82 Å². The molecule has 2 heterocycles. The zero-order valence-electron chi connectivity index (χ0n) is 10.7. The van der Waals surface area contributed by atoms with Gasteiger partial charge in [-0.1, -0.05) is 6.08 Å². The molecule has 4 heteroatoms. The Morgan fingerprint density at radius 1 is 1.05 bits per heavy atom. The maximum Gasteiger partial charge on any atom is 0.162 e. The summed E-state index contributed by atoms with van der Waals surface area (Å²) in [4.78, 5) is 12.8. The Labute approximate surface area is 112 Å². The van der Waals surface area contributed by atoms with Gasteiger partial charge in [-0.25, -0.2) is 15.0 Å². The van der Waals surface area contributed by atoms with E-state index >= 15 is 0 Å². The van der Waals surface area contributed by atoms with E-state index in [2.05, 4.69) is 27.1 Å². The minimum Gasteiger partial charge on any atom is -0.383 e. The van der Waals surface area contributed by atoms with Gasteiger partial charge in [-0.05, 0) is 49.0 Å². The van der Waals surface area contributed by atoms with E-state index in [9.17, 15) is 0 Å². The largest absolute Gasteiger partial charge is 0.383 e. The Morgan fingerprint density at radius 3 is 2.63 bits per heavy atom. The van der Waals surface area contributed by atoms with Crippen molar-refractivity contribution >= 4 is 11.4 Å². The third-order valence-electron chi connectivity index (χ3n) is 3.39. The van der Waals surface area contributed by atoms with E-state index in [1.54, 1.807) is 18.5 Å². The molecule has 0 bridgehead atoms. The van der Waals surface area contributed by atoms with E-state index in [0.717, 1.165) is 24.0 Å². The van der Waals surface area contributed by atoms with Crippen LogP contribution in [-0.4, -0.2) is 15.0 Å². The lowest BCUT2D eigenvalue weighted by Gasteiger charge is -2.14. The molecule has 3 rings (SSSR count). The van der Waals surface area contributed by atoms with Crippen LogP contribution in [0, 0.1) is 0 Å². The smallest absolute Gasteiger partial charge is 0.162 e. The normalized spacial score (nSPS) is 15.1. The summed E-state index contributed by atoms with van der Waals surface area (Å²) in [6, 6.07) is 3.84. The van der Waals surface area contributed by atoms with Crippen LogP contribution in [-0.2, 0) is 0 Å². The quantitative estimate of drug-likeness (QED) is 0.892. The van der Waals surface area contributed by atoms with Crippen molar-refractivity contribution < 1.29 is 0 Å². The van der Waals surface area contributed by atoms with Crippen molar-refractivity contribution in [2.45, 2.75) is 25.7 Å². The predicted octanol–water partition coefficient (Wildman–Crippen LogP) is 3.08. The second-order valence-electron chi connectivity index (χ2n) is 4.70. The van der Waals surface area contributed by atoms with E-state index in [1.807, 2.05) is 6.20 Å². The van der Waals surface area contributed by atoms with Crippen LogP contribution in [0.25, 0.3) is 17.0 Å². The Balaban J connectivity index is 2.03. The number of anilines is 1. The van der Waals surface area contributed by atoms with Crippen LogP contribution in [0.4, 0.5) is 5.82 Å². The summed E-state index contributed by atoms with van der Waals surface area (Å²) in [6.07, 6.45) is 12.4. The average Bonchev–Trinajstić information content (AvgIpc) is 2.49. The van der Waals surface area contributed by atoms with Crippen LogP contribution in [0.3, 0.4) is 0 Å². The highest BCUT2D eigenvalue weighted by Crippen LogP contribution is 2.30. The second-order valence-corrected chi connectivity index (χ2v) is 4.70. The molecule has 2 N–H and O–H groups in total. The van der Waals surface area contributed by atoms with Gasteiger partial charge in [0.25, 0.3) is 0 Å². The summed E-state index contributed by atoms with van der Waals surface area (Å²) in [5, 5.41) is 0. The van der Waals surface area contributed by atoms with Gasteiger partial charge in [-0.2, -0.15) is 0 Å². The molecule has 1 aliphatic rings. The molecule has 0 aliphatic heterocycles. The second kappa shape index (κ2) is 5.18. The number of aromatic nitrogens is 3. The third kappa shape index (κ3) is 2.47. The number of nitrogen functional groups attached to an aromatic ring is 1. The molecule has 0 unspecified atom stereocenters. The Kier molecular flexibility index (Phi) is 3.23. The third-order valence-corrected chi connectivity index (χ3v) is 3.39. The first-order chi connectivity index (χ1) is 9.34. The lowest BCUT2D eigenvalue weighted by atomic mass is 9.94. The van der Waals surface area contributed by atoms with Crippen molar-refractivity contribution in [1.29, 1.82) is 0 Å². The first-order valence-corrected chi connectivity index (χ1v) is 6.57. The van der Waals surface area contributed by atoms with Gasteiger partial charge in [0.1, 0.15) is 5.82 Å². The molecule has 19 heavy (non-hydrogen) atoms. The standard InChI is InChI=1S/C15H16N4/c16-14-13(15-17-7-4-8-18-15)9-12(10-19-14)11-5-2-1-3-6-11/h4-5,7-10H,1-3,6H2,(H2,16,19). The summed E-state index contributed by atoms with van der Waals surface area (Å²) in [6.45, 7) is 0. The monoisotopic (exact) mass is 252 g/mol. The highest BCUT2D eigenvalue weighted by atomic mass is 14.9. The lowest BCUT2D eigenvalue weighted by Crippen LogP contribution is -2.00. The van der Waals surface area contributed by atoms with Crippen molar-refractivity contribution in [1.82, 2.24) is 15.0 Å². The molecule has 2 aromatic heterocycles. The summed E-state index contributed by atoms with van der Waals surface area (Å²) in [7, 11) is 0. The van der Waals surface area contributed by atoms with Gasteiger partial charge in [0, 0.05) is 18.6 Å². The van der Waals surface area contributed by atoms with Crippen molar-refractivity contribution in [3.05, 3.63) is 42.4 Å². The molecule has 0 amide bonds. The van der Waals surface area contributed by atoms with Crippen molar-refractivity contribution in [3.63, 3.8) is 0 Å². The van der Waals surface area contributed by atoms with Crippen LogP contribution in [0.1, 0.15) is 31.2 Å². The minimum absolute atomic E-state index is 0.478. The van der Waals surface area contributed by atoms with Crippen molar-refractivity contribution in [3.8, 4) is 11.4 Å². The number of nitrogens with two attached hydrogens (primary N) is 1. The predicted molar refractivity (Wildman–Crippen MR) is 76.1 cm³/mol. The molecule has 0 aromatic carbocycles. The maximum atomic E-state index is 5.94. The molecule has 0 radical (unpaired) electrons. The number of rotatable bonds is 2. The van der Waals surface area contributed by atoms with Crippen LogP contribution < -0.4 is 5.73 Å². The lowest BCUT2D eigenvalue weighted by molar-refractivity contribution is 0.742. The van der Waals surface area contributed by atoms with Gasteiger partial charge in [-0.15, -0.1) is 0 Å². The molecule has 0 saturated carbocycles. The zero-order valence-corrected chi connectivity index (χ0v) is 10.7. The Morgan fingerprint density at radius 2 is 1.89 bits per heavy atom. The average molecular weight is 252 g/mol. The summed E-state index contributed by atoms with van der Waals surface area (Å²) in [5.74, 6) is 1.11. The molecule has 0 atom stereocenters. The van der Waals surface area contributed by atoms with Gasteiger partial charge < -0.3 is 5.73 Å². The van der Waals surface area contributed by atoms with Gasteiger partial charge in [0.05, 0.1) is 5.56 Å². The van der Waals surface area contributed by atoms with E-state index in [-0.39, 0.29) is 0 Å². The number of allylic oxidation sites excluding steroid dienone is 2. The number of nitrogens with zero attached hydrogens (tertiary/aromatic N) is 3. The van der Waals surface area contributed by atoms with Crippen LogP contribution >= 0.6 is 0 Å². The zero-order chi connectivity index (χ0) is 13.1. The highest BCUT2D eigenvalue weighted by molar-refractivity contribution is 5.75. The van der Waals surface area contributed by atoms with Crippen LogP contribution in [0.2, 0.25) is 0 Å². The van der Waals surface area contributed by atoms with E-state index in [1.165, 1.54) is 18.4 Å². The van der Waals surface area contributed by atoms with E-state index in [0.29, 0.717) is 11.6 Å². The topological polar surface area (TPSA) is 64.7 Å². The van der Waals surface area contributed by atoms with Gasteiger partial charge in [0.2, 0.25) is 0 Å². The fourth-order valence-corrected chi connectivity index (χ4v) is 2.37. The summed E-state index contributed by atoms with van der Waals surface area (Å²) >= 11 is 0. The first-order valence-electron chi connectivity index (χ1n) is 6.57. The number of hydrogen-bond acceptors (Lipinski definition) is 4. The first kappa shape index (κ1) is 11.8. The molecule has 96 valence electrons. The maximum absolute atomic E-state index is 5.94.